The summed E-state index contributed by atoms with van der Waals surface area (Å²) in [6, 6.07) is 13.9. The van der Waals surface area contributed by atoms with E-state index in [-0.39, 0.29) is 23.6 Å². The molecule has 0 amide bonds. The smallest absolute Gasteiger partial charge is 0.309 e. The van der Waals surface area contributed by atoms with Crippen molar-refractivity contribution in [3.05, 3.63) is 65.0 Å². The summed E-state index contributed by atoms with van der Waals surface area (Å²) in [5, 5.41) is 0. The van der Waals surface area contributed by atoms with E-state index in [9.17, 15) is 9.18 Å². The first-order chi connectivity index (χ1) is 16.0. The minimum atomic E-state index is -0.153. The number of carbonyl (C=O) groups excluding carboxylic acids is 1. The van der Waals surface area contributed by atoms with Gasteiger partial charge in [-0.3, -0.25) is 4.79 Å². The number of carbonyl (C=O) groups is 1. The van der Waals surface area contributed by atoms with Gasteiger partial charge in [0.25, 0.3) is 0 Å². The standard InChI is InChI=1S/C29H37FO3/c1-4-20-10-15-27(30)26(16-20)22-11-8-21(9-12-22)18-33-25-7-5-6-24(17-25)28(23-13-14-23)19(2)29(31)32-3/h5-7,10,15-17,19,21-23,28H,4,8-9,11-14,18H2,1-3H3/t19-,21?,22?,28-/m0/s1. The number of benzene rings is 2. The van der Waals surface area contributed by atoms with Gasteiger partial charge in [0.2, 0.25) is 0 Å². The summed E-state index contributed by atoms with van der Waals surface area (Å²) in [6.45, 7) is 4.78. The van der Waals surface area contributed by atoms with Crippen LogP contribution < -0.4 is 4.74 Å². The zero-order valence-electron chi connectivity index (χ0n) is 20.2. The minimum Gasteiger partial charge on any atom is -0.493 e. The van der Waals surface area contributed by atoms with E-state index in [2.05, 4.69) is 25.1 Å². The lowest BCUT2D eigenvalue weighted by Gasteiger charge is -2.29. The van der Waals surface area contributed by atoms with Crippen LogP contribution in [-0.4, -0.2) is 19.7 Å². The van der Waals surface area contributed by atoms with Gasteiger partial charge in [-0.2, -0.15) is 0 Å². The number of halogens is 1. The van der Waals surface area contributed by atoms with Crippen molar-refractivity contribution < 1.29 is 18.7 Å². The maximum atomic E-state index is 14.4. The molecule has 2 saturated carbocycles. The largest absolute Gasteiger partial charge is 0.493 e. The van der Waals surface area contributed by atoms with Crippen molar-refractivity contribution in [1.29, 1.82) is 0 Å². The number of methoxy groups -OCH3 is 1. The molecule has 3 nitrogen and oxygen atoms in total. The van der Waals surface area contributed by atoms with E-state index in [0.29, 0.717) is 24.4 Å². The van der Waals surface area contributed by atoms with E-state index in [4.69, 9.17) is 9.47 Å². The summed E-state index contributed by atoms with van der Waals surface area (Å²) < 4.78 is 25.6. The van der Waals surface area contributed by atoms with Crippen molar-refractivity contribution in [2.45, 2.75) is 70.6 Å². The first-order valence-corrected chi connectivity index (χ1v) is 12.6. The average Bonchev–Trinajstić information content (AvgIpc) is 3.68. The van der Waals surface area contributed by atoms with Crippen LogP contribution in [0.2, 0.25) is 0 Å². The van der Waals surface area contributed by atoms with Gasteiger partial charge in [-0.25, -0.2) is 4.39 Å². The van der Waals surface area contributed by atoms with Crippen molar-refractivity contribution in [1.82, 2.24) is 0 Å². The lowest BCUT2D eigenvalue weighted by Crippen LogP contribution is -2.22. The third kappa shape index (κ3) is 5.77. The second kappa shape index (κ2) is 10.7. The van der Waals surface area contributed by atoms with Gasteiger partial charge < -0.3 is 9.47 Å². The molecule has 0 N–H and O–H groups in total. The normalized spacial score (nSPS) is 22.4. The highest BCUT2D eigenvalue weighted by molar-refractivity contribution is 5.73. The fourth-order valence-corrected chi connectivity index (χ4v) is 5.55. The first-order valence-electron chi connectivity index (χ1n) is 12.6. The van der Waals surface area contributed by atoms with Crippen molar-refractivity contribution in [2.24, 2.45) is 17.8 Å². The Kier molecular flexibility index (Phi) is 7.72. The van der Waals surface area contributed by atoms with Gasteiger partial charge in [0.15, 0.2) is 0 Å². The number of aryl methyl sites for hydroxylation is 1. The van der Waals surface area contributed by atoms with Gasteiger partial charge in [0.05, 0.1) is 19.6 Å². The molecule has 178 valence electrons. The topological polar surface area (TPSA) is 35.5 Å². The maximum absolute atomic E-state index is 14.4. The molecule has 2 aromatic carbocycles. The summed E-state index contributed by atoms with van der Waals surface area (Å²) in [4.78, 5) is 12.2. The molecule has 0 bridgehead atoms. The van der Waals surface area contributed by atoms with Crippen LogP contribution in [0.4, 0.5) is 4.39 Å². The van der Waals surface area contributed by atoms with E-state index >= 15 is 0 Å². The Balaban J connectivity index is 1.34. The third-order valence-electron chi connectivity index (χ3n) is 7.73. The second-order valence-corrected chi connectivity index (χ2v) is 9.99. The molecule has 0 aliphatic heterocycles. The van der Waals surface area contributed by atoms with Crippen LogP contribution in [0.3, 0.4) is 0 Å². The Morgan fingerprint density at radius 3 is 2.48 bits per heavy atom. The summed E-state index contributed by atoms with van der Waals surface area (Å²) >= 11 is 0. The fraction of sp³-hybridized carbons (Fsp3) is 0.552. The highest BCUT2D eigenvalue weighted by atomic mass is 19.1. The Labute approximate surface area is 197 Å². The van der Waals surface area contributed by atoms with Gasteiger partial charge in [-0.1, -0.05) is 38.1 Å². The predicted molar refractivity (Wildman–Crippen MR) is 129 cm³/mol. The Bertz CT molecular complexity index is 944. The predicted octanol–water partition coefficient (Wildman–Crippen LogP) is 7.04. The molecule has 2 fully saturated rings. The lowest BCUT2D eigenvalue weighted by atomic mass is 9.78. The molecular formula is C29H37FO3. The fourth-order valence-electron chi connectivity index (χ4n) is 5.55. The van der Waals surface area contributed by atoms with Gasteiger partial charge in [0, 0.05) is 0 Å². The number of ether oxygens (including phenoxy) is 2. The number of hydrogen-bond donors (Lipinski definition) is 0. The molecule has 2 aromatic rings. The van der Waals surface area contributed by atoms with Gasteiger partial charge in [0.1, 0.15) is 11.6 Å². The molecule has 33 heavy (non-hydrogen) atoms. The molecule has 0 saturated heterocycles. The molecule has 0 radical (unpaired) electrons. The summed E-state index contributed by atoms with van der Waals surface area (Å²) in [6.07, 6.45) is 7.42. The van der Waals surface area contributed by atoms with Crippen LogP contribution in [0.1, 0.15) is 80.9 Å². The van der Waals surface area contributed by atoms with Crippen molar-refractivity contribution in [2.75, 3.05) is 13.7 Å². The van der Waals surface area contributed by atoms with Gasteiger partial charge >= 0.3 is 5.97 Å². The van der Waals surface area contributed by atoms with Crippen LogP contribution in [-0.2, 0) is 16.0 Å². The van der Waals surface area contributed by atoms with Crippen LogP contribution in [0, 0.1) is 23.6 Å². The lowest BCUT2D eigenvalue weighted by molar-refractivity contribution is -0.145. The molecule has 0 heterocycles. The average molecular weight is 453 g/mol. The van der Waals surface area contributed by atoms with Crippen LogP contribution in [0.15, 0.2) is 42.5 Å². The quantitative estimate of drug-likeness (QED) is 0.383. The molecule has 0 spiro atoms. The molecule has 4 heteroatoms. The first kappa shape index (κ1) is 23.8. The van der Waals surface area contributed by atoms with Crippen LogP contribution in [0.25, 0.3) is 0 Å². The minimum absolute atomic E-state index is 0.0601. The molecule has 2 atom stereocenters. The van der Waals surface area contributed by atoms with E-state index in [0.717, 1.165) is 43.4 Å². The molecular weight excluding hydrogens is 415 g/mol. The second-order valence-electron chi connectivity index (χ2n) is 9.99. The van der Waals surface area contributed by atoms with Crippen molar-refractivity contribution >= 4 is 5.97 Å². The van der Waals surface area contributed by atoms with Gasteiger partial charge in [-0.15, -0.1) is 0 Å². The summed E-state index contributed by atoms with van der Waals surface area (Å²) in [7, 11) is 1.46. The van der Waals surface area contributed by atoms with E-state index in [1.807, 2.05) is 25.1 Å². The number of hydrogen-bond acceptors (Lipinski definition) is 3. The zero-order valence-corrected chi connectivity index (χ0v) is 20.2. The monoisotopic (exact) mass is 452 g/mol. The Hall–Kier alpha value is -2.36. The van der Waals surface area contributed by atoms with E-state index in [1.54, 1.807) is 6.07 Å². The maximum Gasteiger partial charge on any atom is 0.309 e. The highest BCUT2D eigenvalue weighted by Crippen LogP contribution is 2.47. The Morgan fingerprint density at radius 2 is 1.82 bits per heavy atom. The molecule has 0 unspecified atom stereocenters. The highest BCUT2D eigenvalue weighted by Gasteiger charge is 2.39. The van der Waals surface area contributed by atoms with E-state index < -0.39 is 0 Å². The summed E-state index contributed by atoms with van der Waals surface area (Å²) in [5.74, 6) is 2.07. The third-order valence-corrected chi connectivity index (χ3v) is 7.73. The zero-order chi connectivity index (χ0) is 23.4. The van der Waals surface area contributed by atoms with Crippen LogP contribution >= 0.6 is 0 Å². The Morgan fingerprint density at radius 1 is 1.06 bits per heavy atom. The van der Waals surface area contributed by atoms with Gasteiger partial charge in [-0.05, 0) is 104 Å². The summed E-state index contributed by atoms with van der Waals surface area (Å²) in [5.41, 5.74) is 3.28. The molecule has 2 aliphatic rings. The van der Waals surface area contributed by atoms with Crippen molar-refractivity contribution in [3.63, 3.8) is 0 Å². The SMILES string of the molecule is CCc1ccc(F)c(C2CCC(COc3cccc([C@H](C4CC4)[C@H](C)C(=O)OC)c3)CC2)c1. The van der Waals surface area contributed by atoms with Crippen molar-refractivity contribution in [3.8, 4) is 5.75 Å². The molecule has 2 aliphatic carbocycles. The molecule has 0 aromatic heterocycles. The number of rotatable bonds is 9. The van der Waals surface area contributed by atoms with Crippen LogP contribution in [0.5, 0.6) is 5.75 Å². The number of esters is 1. The van der Waals surface area contributed by atoms with E-state index in [1.165, 1.54) is 31.1 Å². The molecule has 4 rings (SSSR count).